The van der Waals surface area contributed by atoms with Crippen LogP contribution in [-0.2, 0) is 6.18 Å². The number of aldehydes is 1. The van der Waals surface area contributed by atoms with Gasteiger partial charge in [0.1, 0.15) is 6.29 Å². The minimum Gasteiger partial charge on any atom is -0.416 e. The Hall–Kier alpha value is -2.96. The van der Waals surface area contributed by atoms with E-state index in [1.807, 2.05) is 0 Å². The highest BCUT2D eigenvalue weighted by Crippen LogP contribution is 2.31. The Bertz CT molecular complexity index is 839. The van der Waals surface area contributed by atoms with E-state index in [9.17, 15) is 18.0 Å². The molecule has 0 spiro atoms. The number of carbonyl (C=O) groups excluding carboxylic acids is 1. The second kappa shape index (κ2) is 5.68. The van der Waals surface area contributed by atoms with Gasteiger partial charge in [-0.15, -0.1) is 10.2 Å². The van der Waals surface area contributed by atoms with Crippen molar-refractivity contribution in [3.8, 4) is 22.9 Å². The second-order valence-corrected chi connectivity index (χ2v) is 4.73. The molecule has 0 aliphatic heterocycles. The molecule has 0 bridgehead atoms. The third kappa shape index (κ3) is 3.13. The molecule has 0 N–H and O–H groups in total. The lowest BCUT2D eigenvalue weighted by Crippen LogP contribution is -2.03. The van der Waals surface area contributed by atoms with Crippen molar-refractivity contribution in [2.24, 2.45) is 0 Å². The summed E-state index contributed by atoms with van der Waals surface area (Å²) in [5.74, 6) is 0.286. The highest BCUT2D eigenvalue weighted by atomic mass is 19.4. The van der Waals surface area contributed by atoms with Crippen molar-refractivity contribution in [2.45, 2.75) is 6.18 Å². The van der Waals surface area contributed by atoms with Gasteiger partial charge in [-0.3, -0.25) is 4.79 Å². The first-order valence-corrected chi connectivity index (χ1v) is 6.54. The lowest BCUT2D eigenvalue weighted by Gasteiger charge is -2.05. The lowest BCUT2D eigenvalue weighted by molar-refractivity contribution is -0.137. The van der Waals surface area contributed by atoms with E-state index in [0.717, 1.165) is 12.1 Å². The summed E-state index contributed by atoms with van der Waals surface area (Å²) in [6, 6.07) is 11.0. The predicted octanol–water partition coefficient (Wildman–Crippen LogP) is 4.23. The fourth-order valence-corrected chi connectivity index (χ4v) is 2.00. The average molecular weight is 318 g/mol. The van der Waals surface area contributed by atoms with Crippen molar-refractivity contribution in [2.75, 3.05) is 0 Å². The first-order chi connectivity index (χ1) is 11.0. The van der Waals surface area contributed by atoms with Gasteiger partial charge in [0.05, 0.1) is 5.56 Å². The summed E-state index contributed by atoms with van der Waals surface area (Å²) >= 11 is 0. The topological polar surface area (TPSA) is 56.0 Å². The predicted molar refractivity (Wildman–Crippen MR) is 75.6 cm³/mol. The SMILES string of the molecule is O=Cc1cccc(-c2nnc(-c3ccc(C(F)(F)F)cc3)o2)c1. The molecule has 7 heteroatoms. The number of alkyl halides is 3. The van der Waals surface area contributed by atoms with Crippen molar-refractivity contribution in [1.82, 2.24) is 10.2 Å². The zero-order chi connectivity index (χ0) is 16.4. The van der Waals surface area contributed by atoms with Crippen LogP contribution in [0.5, 0.6) is 0 Å². The van der Waals surface area contributed by atoms with Crippen LogP contribution in [0.2, 0.25) is 0 Å². The Labute approximate surface area is 128 Å². The summed E-state index contributed by atoms with van der Waals surface area (Å²) in [7, 11) is 0. The zero-order valence-corrected chi connectivity index (χ0v) is 11.5. The van der Waals surface area contributed by atoms with Crippen LogP contribution in [-0.4, -0.2) is 16.5 Å². The van der Waals surface area contributed by atoms with Crippen LogP contribution >= 0.6 is 0 Å². The first kappa shape index (κ1) is 15.0. The van der Waals surface area contributed by atoms with Gasteiger partial charge in [0.25, 0.3) is 0 Å². The van der Waals surface area contributed by atoms with Gasteiger partial charge in [0, 0.05) is 16.7 Å². The van der Waals surface area contributed by atoms with E-state index in [0.29, 0.717) is 23.0 Å². The van der Waals surface area contributed by atoms with E-state index in [2.05, 4.69) is 10.2 Å². The smallest absolute Gasteiger partial charge is 0.416 e. The standard InChI is InChI=1S/C16H9F3N2O2/c17-16(18,19)13-6-4-11(5-7-13)14-20-21-15(23-14)12-3-1-2-10(8-12)9-22/h1-9H. The highest BCUT2D eigenvalue weighted by molar-refractivity contribution is 5.77. The van der Waals surface area contributed by atoms with Crippen LogP contribution < -0.4 is 0 Å². The quantitative estimate of drug-likeness (QED) is 0.678. The van der Waals surface area contributed by atoms with Crippen LogP contribution in [0, 0.1) is 0 Å². The van der Waals surface area contributed by atoms with E-state index < -0.39 is 11.7 Å². The summed E-state index contributed by atoms with van der Waals surface area (Å²) in [4.78, 5) is 10.8. The molecular formula is C16H9F3N2O2. The minimum absolute atomic E-state index is 0.102. The summed E-state index contributed by atoms with van der Waals surface area (Å²) in [5, 5.41) is 7.68. The third-order valence-electron chi connectivity index (χ3n) is 3.15. The molecular weight excluding hydrogens is 309 g/mol. The molecule has 0 aliphatic carbocycles. The van der Waals surface area contributed by atoms with E-state index in [1.165, 1.54) is 12.1 Å². The molecule has 116 valence electrons. The van der Waals surface area contributed by atoms with Gasteiger partial charge in [0.2, 0.25) is 11.8 Å². The first-order valence-electron chi connectivity index (χ1n) is 6.54. The van der Waals surface area contributed by atoms with Crippen molar-refractivity contribution < 1.29 is 22.4 Å². The molecule has 0 unspecified atom stereocenters. The number of hydrogen-bond donors (Lipinski definition) is 0. The summed E-state index contributed by atoms with van der Waals surface area (Å²) < 4.78 is 43.1. The Morgan fingerprint density at radius 2 is 1.57 bits per heavy atom. The van der Waals surface area contributed by atoms with Gasteiger partial charge >= 0.3 is 6.18 Å². The maximum absolute atomic E-state index is 12.5. The fraction of sp³-hybridized carbons (Fsp3) is 0.0625. The monoisotopic (exact) mass is 318 g/mol. The highest BCUT2D eigenvalue weighted by Gasteiger charge is 2.30. The van der Waals surface area contributed by atoms with Crippen LogP contribution in [0.3, 0.4) is 0 Å². The molecule has 0 atom stereocenters. The molecule has 0 saturated heterocycles. The maximum Gasteiger partial charge on any atom is 0.416 e. The molecule has 0 saturated carbocycles. The molecule has 1 heterocycles. The third-order valence-corrected chi connectivity index (χ3v) is 3.15. The van der Waals surface area contributed by atoms with Crippen molar-refractivity contribution >= 4 is 6.29 Å². The summed E-state index contributed by atoms with van der Waals surface area (Å²) in [6.45, 7) is 0. The number of rotatable bonds is 3. The van der Waals surface area contributed by atoms with Gasteiger partial charge < -0.3 is 4.42 Å². The molecule has 1 aromatic heterocycles. The zero-order valence-electron chi connectivity index (χ0n) is 11.5. The number of halogens is 3. The van der Waals surface area contributed by atoms with E-state index in [-0.39, 0.29) is 11.8 Å². The molecule has 3 aromatic rings. The molecule has 0 fully saturated rings. The van der Waals surface area contributed by atoms with Crippen molar-refractivity contribution in [3.05, 3.63) is 59.7 Å². The summed E-state index contributed by atoms with van der Waals surface area (Å²) in [6.07, 6.45) is -3.70. The number of carbonyl (C=O) groups is 1. The van der Waals surface area contributed by atoms with Gasteiger partial charge in [-0.1, -0.05) is 12.1 Å². The van der Waals surface area contributed by atoms with E-state index >= 15 is 0 Å². The Morgan fingerprint density at radius 3 is 2.17 bits per heavy atom. The molecule has 0 aliphatic rings. The van der Waals surface area contributed by atoms with Gasteiger partial charge in [-0.05, 0) is 36.4 Å². The van der Waals surface area contributed by atoms with Crippen LogP contribution in [0.15, 0.2) is 52.9 Å². The van der Waals surface area contributed by atoms with Gasteiger partial charge in [-0.2, -0.15) is 13.2 Å². The normalized spacial score (nSPS) is 11.4. The Balaban J connectivity index is 1.91. The van der Waals surface area contributed by atoms with Crippen molar-refractivity contribution in [1.29, 1.82) is 0 Å². The van der Waals surface area contributed by atoms with Crippen LogP contribution in [0.25, 0.3) is 22.9 Å². The Morgan fingerprint density at radius 1 is 0.913 bits per heavy atom. The second-order valence-electron chi connectivity index (χ2n) is 4.73. The van der Waals surface area contributed by atoms with Crippen molar-refractivity contribution in [3.63, 3.8) is 0 Å². The number of hydrogen-bond acceptors (Lipinski definition) is 4. The molecule has 3 rings (SSSR count). The number of nitrogens with zero attached hydrogens (tertiary/aromatic N) is 2. The average Bonchev–Trinajstić information content (AvgIpc) is 3.04. The summed E-state index contributed by atoms with van der Waals surface area (Å²) in [5.41, 5.74) is 0.639. The van der Waals surface area contributed by atoms with Gasteiger partial charge in [-0.25, -0.2) is 0 Å². The molecule has 4 nitrogen and oxygen atoms in total. The number of benzene rings is 2. The maximum atomic E-state index is 12.5. The lowest BCUT2D eigenvalue weighted by atomic mass is 10.1. The molecule has 0 radical (unpaired) electrons. The molecule has 23 heavy (non-hydrogen) atoms. The van der Waals surface area contributed by atoms with Crippen LogP contribution in [0.4, 0.5) is 13.2 Å². The minimum atomic E-state index is -4.40. The largest absolute Gasteiger partial charge is 0.416 e. The number of aromatic nitrogens is 2. The fourth-order valence-electron chi connectivity index (χ4n) is 2.00. The van der Waals surface area contributed by atoms with E-state index in [1.54, 1.807) is 24.3 Å². The Kier molecular flexibility index (Phi) is 3.69. The van der Waals surface area contributed by atoms with Gasteiger partial charge in [0.15, 0.2) is 0 Å². The molecule has 2 aromatic carbocycles. The molecule has 0 amide bonds. The van der Waals surface area contributed by atoms with E-state index in [4.69, 9.17) is 4.42 Å². The van der Waals surface area contributed by atoms with Crippen LogP contribution in [0.1, 0.15) is 15.9 Å².